The van der Waals surface area contributed by atoms with Gasteiger partial charge in [-0.25, -0.2) is 0 Å². The monoisotopic (exact) mass is 258 g/mol. The van der Waals surface area contributed by atoms with E-state index in [4.69, 9.17) is 10.8 Å². The zero-order valence-electron chi connectivity index (χ0n) is 11.6. The van der Waals surface area contributed by atoms with Crippen molar-refractivity contribution in [2.75, 3.05) is 13.1 Å². The second kappa shape index (κ2) is 8.91. The lowest BCUT2D eigenvalue weighted by atomic mass is 9.97. The molecule has 0 aliphatic carbocycles. The van der Waals surface area contributed by atoms with Gasteiger partial charge in [-0.15, -0.1) is 0 Å². The minimum Gasteiger partial charge on any atom is -0.481 e. The molecule has 18 heavy (non-hydrogen) atoms. The van der Waals surface area contributed by atoms with Gasteiger partial charge in [0.2, 0.25) is 5.91 Å². The summed E-state index contributed by atoms with van der Waals surface area (Å²) in [5.41, 5.74) is 5.47. The molecule has 2 atom stereocenters. The van der Waals surface area contributed by atoms with E-state index in [0.717, 1.165) is 6.42 Å². The van der Waals surface area contributed by atoms with Crippen molar-refractivity contribution >= 4 is 11.9 Å². The number of carbonyl (C=O) groups excluding carboxylic acids is 1. The normalized spacial score (nSPS) is 14.3. The van der Waals surface area contributed by atoms with Crippen molar-refractivity contribution in [3.63, 3.8) is 0 Å². The van der Waals surface area contributed by atoms with Crippen LogP contribution in [0.15, 0.2) is 0 Å². The van der Waals surface area contributed by atoms with E-state index in [1.54, 1.807) is 0 Å². The summed E-state index contributed by atoms with van der Waals surface area (Å²) in [5, 5.41) is 11.7. The molecule has 0 saturated carbocycles. The van der Waals surface area contributed by atoms with Gasteiger partial charge in [-0.1, -0.05) is 20.8 Å². The summed E-state index contributed by atoms with van der Waals surface area (Å²) in [6.07, 6.45) is 1.73. The van der Waals surface area contributed by atoms with Crippen molar-refractivity contribution < 1.29 is 14.7 Å². The van der Waals surface area contributed by atoms with Gasteiger partial charge in [0.25, 0.3) is 0 Å². The molecular formula is C13H26N2O3. The van der Waals surface area contributed by atoms with Crippen LogP contribution in [0.4, 0.5) is 0 Å². The zero-order chi connectivity index (χ0) is 14.1. The molecular weight excluding hydrogens is 232 g/mol. The average molecular weight is 258 g/mol. The van der Waals surface area contributed by atoms with Crippen LogP contribution in [0.2, 0.25) is 0 Å². The third-order valence-electron chi connectivity index (χ3n) is 2.92. The molecule has 2 unspecified atom stereocenters. The number of aliphatic carboxylic acids is 1. The van der Waals surface area contributed by atoms with E-state index in [-0.39, 0.29) is 12.5 Å². The highest BCUT2D eigenvalue weighted by Crippen LogP contribution is 2.11. The summed E-state index contributed by atoms with van der Waals surface area (Å²) < 4.78 is 0. The van der Waals surface area contributed by atoms with E-state index in [0.29, 0.717) is 31.2 Å². The van der Waals surface area contributed by atoms with E-state index in [2.05, 4.69) is 5.32 Å². The Morgan fingerprint density at radius 2 is 1.89 bits per heavy atom. The van der Waals surface area contributed by atoms with E-state index in [1.807, 2.05) is 20.8 Å². The van der Waals surface area contributed by atoms with Crippen LogP contribution in [-0.4, -0.2) is 30.1 Å². The Bertz CT molecular complexity index is 267. The van der Waals surface area contributed by atoms with Crippen LogP contribution in [0.25, 0.3) is 0 Å². The lowest BCUT2D eigenvalue weighted by Crippen LogP contribution is -2.33. The molecule has 0 aliphatic rings. The summed E-state index contributed by atoms with van der Waals surface area (Å²) in [5.74, 6) is -0.813. The first-order valence-electron chi connectivity index (χ1n) is 6.56. The molecule has 0 heterocycles. The molecule has 0 saturated heterocycles. The number of hydrogen-bond donors (Lipinski definition) is 3. The summed E-state index contributed by atoms with van der Waals surface area (Å²) >= 11 is 0. The highest BCUT2D eigenvalue weighted by molar-refractivity contribution is 5.77. The first-order chi connectivity index (χ1) is 8.36. The van der Waals surface area contributed by atoms with Gasteiger partial charge >= 0.3 is 5.97 Å². The van der Waals surface area contributed by atoms with E-state index < -0.39 is 11.9 Å². The Hall–Kier alpha value is -1.10. The predicted octanol–water partition coefficient (Wildman–Crippen LogP) is 1.22. The summed E-state index contributed by atoms with van der Waals surface area (Å²) in [7, 11) is 0. The van der Waals surface area contributed by atoms with Crippen LogP contribution < -0.4 is 11.1 Å². The Morgan fingerprint density at radius 3 is 2.33 bits per heavy atom. The second-order valence-electron chi connectivity index (χ2n) is 5.35. The molecule has 0 fully saturated rings. The lowest BCUT2D eigenvalue weighted by molar-refractivity contribution is -0.142. The summed E-state index contributed by atoms with van der Waals surface area (Å²) in [4.78, 5) is 22.5. The third kappa shape index (κ3) is 8.06. The Labute approximate surface area is 109 Å². The van der Waals surface area contributed by atoms with Crippen LogP contribution in [0.1, 0.15) is 40.0 Å². The maximum atomic E-state index is 11.5. The molecule has 0 bridgehead atoms. The van der Waals surface area contributed by atoms with Crippen molar-refractivity contribution in [1.29, 1.82) is 0 Å². The molecule has 0 aliphatic heterocycles. The summed E-state index contributed by atoms with van der Waals surface area (Å²) in [6.45, 7) is 6.72. The molecule has 0 aromatic rings. The van der Waals surface area contributed by atoms with Crippen molar-refractivity contribution in [3.8, 4) is 0 Å². The fourth-order valence-electron chi connectivity index (χ4n) is 1.66. The number of carbonyl (C=O) groups is 2. The van der Waals surface area contributed by atoms with Crippen LogP contribution in [0, 0.1) is 17.8 Å². The number of carboxylic acid groups (broad SMARTS) is 1. The minimum absolute atomic E-state index is 0.0923. The maximum absolute atomic E-state index is 11.5. The highest BCUT2D eigenvalue weighted by atomic mass is 16.4. The fourth-order valence-corrected chi connectivity index (χ4v) is 1.66. The van der Waals surface area contributed by atoms with Crippen LogP contribution >= 0.6 is 0 Å². The van der Waals surface area contributed by atoms with Crippen molar-refractivity contribution in [2.24, 2.45) is 23.5 Å². The van der Waals surface area contributed by atoms with Gasteiger partial charge in [0.05, 0.1) is 5.92 Å². The molecule has 0 spiro atoms. The molecule has 0 rings (SSSR count). The molecule has 0 aromatic carbocycles. The van der Waals surface area contributed by atoms with Crippen LogP contribution in [-0.2, 0) is 9.59 Å². The van der Waals surface area contributed by atoms with Gasteiger partial charge in [-0.05, 0) is 31.2 Å². The standard InChI is InChI=1S/C13H26N2O3/c1-9(2)6-11(13(17)18)8-15-12(16)5-4-10(3)7-14/h9-11H,4-8,14H2,1-3H3,(H,15,16)(H,17,18). The molecule has 0 aromatic heterocycles. The van der Waals surface area contributed by atoms with Crippen molar-refractivity contribution in [3.05, 3.63) is 0 Å². The van der Waals surface area contributed by atoms with Gasteiger partial charge in [0.1, 0.15) is 0 Å². The number of nitrogens with two attached hydrogens (primary N) is 1. The van der Waals surface area contributed by atoms with E-state index >= 15 is 0 Å². The van der Waals surface area contributed by atoms with Gasteiger partial charge < -0.3 is 16.2 Å². The predicted molar refractivity (Wildman–Crippen MR) is 71.0 cm³/mol. The molecule has 5 heteroatoms. The van der Waals surface area contributed by atoms with Gasteiger partial charge in [0, 0.05) is 13.0 Å². The first-order valence-corrected chi connectivity index (χ1v) is 6.56. The second-order valence-corrected chi connectivity index (χ2v) is 5.35. The number of nitrogens with one attached hydrogen (secondary N) is 1. The molecule has 0 radical (unpaired) electrons. The quantitative estimate of drug-likeness (QED) is 0.580. The molecule has 4 N–H and O–H groups in total. The maximum Gasteiger partial charge on any atom is 0.308 e. The fraction of sp³-hybridized carbons (Fsp3) is 0.846. The largest absolute Gasteiger partial charge is 0.481 e. The summed E-state index contributed by atoms with van der Waals surface area (Å²) in [6, 6.07) is 0. The third-order valence-corrected chi connectivity index (χ3v) is 2.92. The highest BCUT2D eigenvalue weighted by Gasteiger charge is 2.19. The molecule has 1 amide bonds. The van der Waals surface area contributed by atoms with Gasteiger partial charge in [-0.2, -0.15) is 0 Å². The van der Waals surface area contributed by atoms with E-state index in [1.165, 1.54) is 0 Å². The number of rotatable bonds is 9. The zero-order valence-corrected chi connectivity index (χ0v) is 11.6. The number of hydrogen-bond acceptors (Lipinski definition) is 3. The Kier molecular flexibility index (Phi) is 8.37. The lowest BCUT2D eigenvalue weighted by Gasteiger charge is -2.15. The SMILES string of the molecule is CC(C)CC(CNC(=O)CCC(C)CN)C(=O)O. The van der Waals surface area contributed by atoms with Gasteiger partial charge in [-0.3, -0.25) is 9.59 Å². The molecule has 106 valence electrons. The average Bonchev–Trinajstić information content (AvgIpc) is 2.30. The topological polar surface area (TPSA) is 92.4 Å². The smallest absolute Gasteiger partial charge is 0.308 e. The van der Waals surface area contributed by atoms with Crippen LogP contribution in [0.3, 0.4) is 0 Å². The van der Waals surface area contributed by atoms with Crippen LogP contribution in [0.5, 0.6) is 0 Å². The van der Waals surface area contributed by atoms with Crippen molar-refractivity contribution in [1.82, 2.24) is 5.32 Å². The number of carboxylic acids is 1. The minimum atomic E-state index is -0.848. The first kappa shape index (κ1) is 16.9. The number of amides is 1. The molecule has 5 nitrogen and oxygen atoms in total. The van der Waals surface area contributed by atoms with E-state index in [9.17, 15) is 9.59 Å². The Morgan fingerprint density at radius 1 is 1.28 bits per heavy atom. The Balaban J connectivity index is 3.96. The van der Waals surface area contributed by atoms with Gasteiger partial charge in [0.15, 0.2) is 0 Å². The van der Waals surface area contributed by atoms with Crippen molar-refractivity contribution in [2.45, 2.75) is 40.0 Å².